The molecule has 1 aromatic carbocycles. The molecule has 7 atom stereocenters. The maximum atomic E-state index is 11.7. The molecule has 2 saturated carbocycles. The third-order valence-electron chi connectivity index (χ3n) is 13.2. The van der Waals surface area contributed by atoms with Gasteiger partial charge in [-0.3, -0.25) is 9.11 Å². The van der Waals surface area contributed by atoms with Gasteiger partial charge >= 0.3 is 20.8 Å². The van der Waals surface area contributed by atoms with Crippen LogP contribution < -0.4 is 8.37 Å². The summed E-state index contributed by atoms with van der Waals surface area (Å²) in [6.45, 7) is 16.8. The van der Waals surface area contributed by atoms with Crippen molar-refractivity contribution in [3.05, 3.63) is 47.1 Å². The molecule has 8 nitrogen and oxygen atoms in total. The van der Waals surface area contributed by atoms with E-state index in [1.807, 2.05) is 0 Å². The standard InChI is InChI=1S/C36H54O8S2/c1-24-12-15-28-30(10-8-18-33(28,3)4)35(24,6)21-20-34(5)19-9-11-31-29(34)16-13-25(2)36(31,7)23-26-22-27(43-45(37,38)39)14-17-32(26)44-46(40,41)42/h10,14,16-17,22,24-25,28,31H,8-9,11-13,15,18-21,23H2,1-7H3,(H,37,38,39)(H,40,41,42)/t24-,25+,28?,31?,34-,35+,36+/m0/s1. The van der Waals surface area contributed by atoms with E-state index < -0.39 is 20.8 Å². The molecule has 0 heterocycles. The molecular formula is C36H54O8S2. The molecule has 0 saturated heterocycles. The zero-order valence-electron chi connectivity index (χ0n) is 28.6. The molecule has 2 unspecified atom stereocenters. The maximum Gasteiger partial charge on any atom is 0.446 e. The Morgan fingerprint density at radius 3 is 2.17 bits per heavy atom. The van der Waals surface area contributed by atoms with Gasteiger partial charge in [0.25, 0.3) is 0 Å². The molecule has 10 heteroatoms. The quantitative estimate of drug-likeness (QED) is 0.196. The highest BCUT2D eigenvalue weighted by Gasteiger charge is 2.52. The van der Waals surface area contributed by atoms with Crippen LogP contribution in [0.5, 0.6) is 11.5 Å². The zero-order valence-corrected chi connectivity index (χ0v) is 30.3. The summed E-state index contributed by atoms with van der Waals surface area (Å²) in [5.41, 5.74) is 3.82. The highest BCUT2D eigenvalue weighted by Crippen LogP contribution is 2.62. The van der Waals surface area contributed by atoms with Crippen LogP contribution in [0.25, 0.3) is 0 Å². The van der Waals surface area contributed by atoms with E-state index in [-0.39, 0.29) is 39.6 Å². The van der Waals surface area contributed by atoms with Crippen molar-refractivity contribution < 1.29 is 34.3 Å². The van der Waals surface area contributed by atoms with Gasteiger partial charge in [-0.2, -0.15) is 16.8 Å². The Balaban J connectivity index is 1.45. The lowest BCUT2D eigenvalue weighted by atomic mass is 9.48. The van der Waals surface area contributed by atoms with Crippen LogP contribution in [0.3, 0.4) is 0 Å². The third kappa shape index (κ3) is 6.96. The summed E-state index contributed by atoms with van der Waals surface area (Å²) in [6, 6.07) is 3.82. The zero-order chi connectivity index (χ0) is 33.9. The van der Waals surface area contributed by atoms with Gasteiger partial charge in [0.1, 0.15) is 11.5 Å². The summed E-state index contributed by atoms with van der Waals surface area (Å²) in [4.78, 5) is 0. The monoisotopic (exact) mass is 678 g/mol. The summed E-state index contributed by atoms with van der Waals surface area (Å²) >= 11 is 0. The highest BCUT2D eigenvalue weighted by atomic mass is 32.3. The van der Waals surface area contributed by atoms with Crippen LogP contribution in [0.4, 0.5) is 0 Å². The largest absolute Gasteiger partial charge is 0.446 e. The summed E-state index contributed by atoms with van der Waals surface area (Å²) in [6.07, 6.45) is 16.8. The van der Waals surface area contributed by atoms with E-state index in [9.17, 15) is 25.9 Å². The van der Waals surface area contributed by atoms with Crippen molar-refractivity contribution in [2.75, 3.05) is 0 Å². The second-order valence-electron chi connectivity index (χ2n) is 16.4. The normalized spacial score (nSPS) is 36.1. The lowest BCUT2D eigenvalue weighted by Crippen LogP contribution is -2.47. The SMILES string of the molecule is C[C@@H]1CC=C2C(CCC[C@@]2(C)CC[C@@]2(C)C3=CCCC(C)(C)C3CC[C@@H]2C)[C@]1(C)Cc1cc(OS(=O)(=O)O)ccc1OS(=O)(=O)O. The van der Waals surface area contributed by atoms with Crippen molar-refractivity contribution in [3.63, 3.8) is 0 Å². The van der Waals surface area contributed by atoms with Gasteiger partial charge in [0.15, 0.2) is 0 Å². The molecule has 0 radical (unpaired) electrons. The van der Waals surface area contributed by atoms with E-state index in [1.165, 1.54) is 49.5 Å². The van der Waals surface area contributed by atoms with Crippen molar-refractivity contribution in [3.8, 4) is 11.5 Å². The number of hydrogen-bond donors (Lipinski definition) is 2. The second kappa shape index (κ2) is 12.2. The number of hydrogen-bond acceptors (Lipinski definition) is 6. The molecule has 2 fully saturated rings. The van der Waals surface area contributed by atoms with E-state index in [4.69, 9.17) is 8.37 Å². The van der Waals surface area contributed by atoms with Gasteiger partial charge in [-0.25, -0.2) is 0 Å². The van der Waals surface area contributed by atoms with Crippen molar-refractivity contribution in [1.29, 1.82) is 0 Å². The van der Waals surface area contributed by atoms with Crippen LogP contribution >= 0.6 is 0 Å². The summed E-state index contributed by atoms with van der Waals surface area (Å²) < 4.78 is 74.9. The molecule has 4 aliphatic carbocycles. The van der Waals surface area contributed by atoms with Crippen LogP contribution in [0, 0.1) is 45.3 Å². The van der Waals surface area contributed by atoms with Crippen molar-refractivity contribution in [2.45, 2.75) is 119 Å². The van der Waals surface area contributed by atoms with Crippen molar-refractivity contribution in [2.24, 2.45) is 45.3 Å². The Labute approximate surface area is 277 Å². The fourth-order valence-corrected chi connectivity index (χ4v) is 10.6. The van der Waals surface area contributed by atoms with Crippen LogP contribution in [0.15, 0.2) is 41.5 Å². The lowest BCUT2D eigenvalue weighted by Gasteiger charge is -2.56. The Hall–Kier alpha value is -1.88. The van der Waals surface area contributed by atoms with E-state index >= 15 is 0 Å². The molecule has 0 spiro atoms. The number of allylic oxidation sites excluding steroid dienone is 4. The minimum Gasteiger partial charge on any atom is -0.362 e. The fraction of sp³-hybridized carbons (Fsp3) is 0.722. The number of benzene rings is 1. The number of fused-ring (bicyclic) bond motifs is 2. The van der Waals surface area contributed by atoms with Gasteiger partial charge in [0.05, 0.1) is 0 Å². The van der Waals surface area contributed by atoms with E-state index in [0.29, 0.717) is 29.2 Å². The van der Waals surface area contributed by atoms with Crippen LogP contribution in [-0.4, -0.2) is 25.9 Å². The Morgan fingerprint density at radius 2 is 1.50 bits per heavy atom. The molecule has 0 aliphatic heterocycles. The van der Waals surface area contributed by atoms with Gasteiger partial charge in [-0.1, -0.05) is 78.2 Å². The Morgan fingerprint density at radius 1 is 0.804 bits per heavy atom. The first kappa shape index (κ1) is 35.4. The molecule has 0 amide bonds. The van der Waals surface area contributed by atoms with E-state index in [1.54, 1.807) is 5.57 Å². The molecule has 46 heavy (non-hydrogen) atoms. The predicted octanol–water partition coefficient (Wildman–Crippen LogP) is 8.95. The van der Waals surface area contributed by atoms with Crippen LogP contribution in [0.2, 0.25) is 0 Å². The average molecular weight is 679 g/mol. The average Bonchev–Trinajstić information content (AvgIpc) is 2.92. The first-order chi connectivity index (χ1) is 21.2. The molecule has 2 N–H and O–H groups in total. The van der Waals surface area contributed by atoms with Gasteiger partial charge in [0, 0.05) is 5.56 Å². The summed E-state index contributed by atoms with van der Waals surface area (Å²) in [5.74, 6) is 1.51. The predicted molar refractivity (Wildman–Crippen MR) is 180 cm³/mol. The summed E-state index contributed by atoms with van der Waals surface area (Å²) in [5, 5.41) is 0. The van der Waals surface area contributed by atoms with Crippen LogP contribution in [-0.2, 0) is 27.2 Å². The molecule has 0 aromatic heterocycles. The minimum atomic E-state index is -4.83. The van der Waals surface area contributed by atoms with Gasteiger partial charge in [-0.05, 0) is 128 Å². The maximum absolute atomic E-state index is 11.7. The molecule has 5 rings (SSSR count). The Kier molecular flexibility index (Phi) is 9.41. The number of rotatable bonds is 9. The van der Waals surface area contributed by atoms with Crippen molar-refractivity contribution in [1.82, 2.24) is 0 Å². The minimum absolute atomic E-state index is 0.0361. The van der Waals surface area contributed by atoms with Crippen molar-refractivity contribution >= 4 is 20.8 Å². The van der Waals surface area contributed by atoms with Gasteiger partial charge < -0.3 is 8.37 Å². The van der Waals surface area contributed by atoms with Crippen LogP contribution in [0.1, 0.15) is 118 Å². The third-order valence-corrected chi connectivity index (χ3v) is 14.0. The molecule has 0 bridgehead atoms. The van der Waals surface area contributed by atoms with Gasteiger partial charge in [0.2, 0.25) is 0 Å². The van der Waals surface area contributed by atoms with Gasteiger partial charge in [-0.15, -0.1) is 0 Å². The second-order valence-corrected chi connectivity index (χ2v) is 18.5. The summed E-state index contributed by atoms with van der Waals surface area (Å²) in [7, 11) is -9.63. The first-order valence-electron chi connectivity index (χ1n) is 17.0. The molecule has 4 aliphatic rings. The fourth-order valence-electron chi connectivity index (χ4n) is 9.91. The van der Waals surface area contributed by atoms with E-state index in [0.717, 1.165) is 38.5 Å². The Bertz CT molecular complexity index is 1610. The highest BCUT2D eigenvalue weighted by molar-refractivity contribution is 7.81. The smallest absolute Gasteiger partial charge is 0.362 e. The topological polar surface area (TPSA) is 127 Å². The molecule has 1 aromatic rings. The molecular weight excluding hydrogens is 625 g/mol. The van der Waals surface area contributed by atoms with E-state index in [2.05, 4.69) is 60.6 Å². The lowest BCUT2D eigenvalue weighted by molar-refractivity contribution is 0.0437. The first-order valence-corrected chi connectivity index (χ1v) is 19.8. The molecule has 258 valence electrons.